The van der Waals surface area contributed by atoms with Crippen molar-refractivity contribution in [3.63, 3.8) is 0 Å². The van der Waals surface area contributed by atoms with Crippen molar-refractivity contribution in [2.45, 2.75) is 12.8 Å². The number of ether oxygens (including phenoxy) is 2. The van der Waals surface area contributed by atoms with E-state index in [0.717, 1.165) is 12.8 Å². The van der Waals surface area contributed by atoms with E-state index in [9.17, 15) is 14.9 Å². The zero-order valence-corrected chi connectivity index (χ0v) is 14.8. The summed E-state index contributed by atoms with van der Waals surface area (Å²) in [5, 5.41) is 9.26. The van der Waals surface area contributed by atoms with Crippen LogP contribution in [-0.4, -0.2) is 43.6 Å². The highest BCUT2D eigenvalue weighted by Crippen LogP contribution is 2.27. The summed E-state index contributed by atoms with van der Waals surface area (Å²) in [5.74, 6) is -0.243. The lowest BCUT2D eigenvalue weighted by atomic mass is 10.1. The van der Waals surface area contributed by atoms with E-state index in [-0.39, 0.29) is 18.1 Å². The molecule has 1 fully saturated rings. The molecule has 0 spiro atoms. The molecule has 0 unspecified atom stereocenters. The van der Waals surface area contributed by atoms with Gasteiger partial charge in [-0.3, -0.25) is 4.79 Å². The van der Waals surface area contributed by atoms with Crippen LogP contribution in [0.15, 0.2) is 28.2 Å². The van der Waals surface area contributed by atoms with Crippen LogP contribution in [0.5, 0.6) is 5.75 Å². The third-order valence-corrected chi connectivity index (χ3v) is 4.20. The molecule has 24 heavy (non-hydrogen) atoms. The van der Waals surface area contributed by atoms with E-state index in [1.54, 1.807) is 29.2 Å². The monoisotopic (exact) mass is 392 g/mol. The van der Waals surface area contributed by atoms with Crippen molar-refractivity contribution in [3.8, 4) is 11.8 Å². The number of nitriles is 1. The van der Waals surface area contributed by atoms with Crippen molar-refractivity contribution in [1.82, 2.24) is 4.90 Å². The molecule has 126 valence electrons. The number of carbonyl (C=O) groups is 2. The van der Waals surface area contributed by atoms with E-state index >= 15 is 0 Å². The first-order chi connectivity index (χ1) is 11.5. The first-order valence-electron chi connectivity index (χ1n) is 7.45. The van der Waals surface area contributed by atoms with Crippen LogP contribution < -0.4 is 4.74 Å². The Morgan fingerprint density at radius 2 is 2.08 bits per heavy atom. The van der Waals surface area contributed by atoms with Gasteiger partial charge in [0.2, 0.25) is 0 Å². The number of nitrogens with zero attached hydrogens (tertiary/aromatic N) is 2. The Balaban J connectivity index is 2.13. The molecule has 0 bridgehead atoms. The number of hydrogen-bond acceptors (Lipinski definition) is 5. The Kier molecular flexibility index (Phi) is 6.38. The van der Waals surface area contributed by atoms with Gasteiger partial charge in [-0.2, -0.15) is 5.26 Å². The van der Waals surface area contributed by atoms with Gasteiger partial charge in [0.1, 0.15) is 17.4 Å². The van der Waals surface area contributed by atoms with E-state index in [4.69, 9.17) is 4.74 Å². The lowest BCUT2D eigenvalue weighted by Crippen LogP contribution is -2.28. The highest BCUT2D eigenvalue weighted by molar-refractivity contribution is 9.10. The summed E-state index contributed by atoms with van der Waals surface area (Å²) in [4.78, 5) is 25.1. The van der Waals surface area contributed by atoms with Gasteiger partial charge >= 0.3 is 5.97 Å². The lowest BCUT2D eigenvalue weighted by molar-refractivity contribution is -0.142. The molecule has 1 aliphatic rings. The van der Waals surface area contributed by atoms with E-state index in [2.05, 4.69) is 20.7 Å². The molecule has 1 aromatic carbocycles. The maximum atomic E-state index is 12.3. The summed E-state index contributed by atoms with van der Waals surface area (Å²) in [6.45, 7) is 1.20. The first kappa shape index (κ1) is 18.0. The Labute approximate surface area is 148 Å². The number of rotatable bonds is 5. The molecule has 0 saturated carbocycles. The third kappa shape index (κ3) is 4.59. The van der Waals surface area contributed by atoms with Gasteiger partial charge in [-0.05, 0) is 52.5 Å². The number of amides is 1. The number of carbonyl (C=O) groups excluding carboxylic acids is 2. The zero-order valence-electron chi connectivity index (χ0n) is 13.3. The van der Waals surface area contributed by atoms with E-state index in [1.807, 2.05) is 6.07 Å². The summed E-state index contributed by atoms with van der Waals surface area (Å²) >= 11 is 3.35. The molecule has 1 aliphatic heterocycles. The summed E-state index contributed by atoms with van der Waals surface area (Å²) in [6.07, 6.45) is 3.50. The van der Waals surface area contributed by atoms with Crippen molar-refractivity contribution in [2.75, 3.05) is 26.8 Å². The van der Waals surface area contributed by atoms with Crippen molar-refractivity contribution < 1.29 is 19.1 Å². The second-order valence-corrected chi connectivity index (χ2v) is 6.08. The van der Waals surface area contributed by atoms with Crippen LogP contribution in [0.3, 0.4) is 0 Å². The van der Waals surface area contributed by atoms with Crippen LogP contribution in [0.4, 0.5) is 0 Å². The predicted octanol–water partition coefficient (Wildman–Crippen LogP) is 2.53. The zero-order chi connectivity index (χ0) is 17.5. The fraction of sp³-hybridized carbons (Fsp3) is 0.353. The standard InChI is InChI=1S/C17H17BrN2O4/c1-23-16(21)11-24-15-5-4-12(9-14(15)18)8-13(10-19)17(22)20-6-2-3-7-20/h4-5,8-9H,2-3,6-7,11H2,1H3/b13-8+. The maximum Gasteiger partial charge on any atom is 0.343 e. The van der Waals surface area contributed by atoms with Crippen LogP contribution in [0.2, 0.25) is 0 Å². The van der Waals surface area contributed by atoms with Gasteiger partial charge in [-0.25, -0.2) is 4.79 Å². The number of methoxy groups -OCH3 is 1. The van der Waals surface area contributed by atoms with Crippen molar-refractivity contribution in [3.05, 3.63) is 33.8 Å². The summed E-state index contributed by atoms with van der Waals surface area (Å²) in [6, 6.07) is 7.07. The second-order valence-electron chi connectivity index (χ2n) is 5.22. The minimum absolute atomic E-state index is 0.104. The van der Waals surface area contributed by atoms with Crippen molar-refractivity contribution in [2.24, 2.45) is 0 Å². The highest BCUT2D eigenvalue weighted by Gasteiger charge is 2.21. The topological polar surface area (TPSA) is 79.6 Å². The van der Waals surface area contributed by atoms with Gasteiger partial charge in [-0.1, -0.05) is 6.07 Å². The van der Waals surface area contributed by atoms with Crippen LogP contribution in [-0.2, 0) is 14.3 Å². The number of esters is 1. The van der Waals surface area contributed by atoms with Crippen molar-refractivity contribution >= 4 is 33.9 Å². The van der Waals surface area contributed by atoms with Gasteiger partial charge in [0, 0.05) is 13.1 Å². The summed E-state index contributed by atoms with van der Waals surface area (Å²) in [5.41, 5.74) is 0.795. The van der Waals surface area contributed by atoms with Gasteiger partial charge in [0.25, 0.3) is 5.91 Å². The van der Waals surface area contributed by atoms with Crippen LogP contribution in [0.25, 0.3) is 6.08 Å². The van der Waals surface area contributed by atoms with Crippen LogP contribution in [0, 0.1) is 11.3 Å². The van der Waals surface area contributed by atoms with E-state index in [1.165, 1.54) is 7.11 Å². The van der Waals surface area contributed by atoms with Crippen LogP contribution >= 0.6 is 15.9 Å². The Morgan fingerprint density at radius 1 is 1.38 bits per heavy atom. The molecule has 6 nitrogen and oxygen atoms in total. The molecular weight excluding hydrogens is 376 g/mol. The normalized spacial score (nSPS) is 14.2. The molecule has 1 heterocycles. The minimum Gasteiger partial charge on any atom is -0.481 e. The van der Waals surface area contributed by atoms with Gasteiger partial charge in [-0.15, -0.1) is 0 Å². The molecule has 0 radical (unpaired) electrons. The lowest BCUT2D eigenvalue weighted by Gasteiger charge is -2.14. The predicted molar refractivity (Wildman–Crippen MR) is 91.1 cm³/mol. The number of benzene rings is 1. The number of likely N-dealkylation sites (tertiary alicyclic amines) is 1. The molecule has 1 aromatic rings. The van der Waals surface area contributed by atoms with E-state index in [0.29, 0.717) is 28.9 Å². The first-order valence-corrected chi connectivity index (χ1v) is 8.24. The fourth-order valence-corrected chi connectivity index (χ4v) is 2.83. The molecule has 1 amide bonds. The van der Waals surface area contributed by atoms with Crippen LogP contribution in [0.1, 0.15) is 18.4 Å². The number of halogens is 1. The van der Waals surface area contributed by atoms with E-state index < -0.39 is 5.97 Å². The Bertz CT molecular complexity index is 703. The molecule has 7 heteroatoms. The molecule has 0 aliphatic carbocycles. The highest BCUT2D eigenvalue weighted by atomic mass is 79.9. The summed E-state index contributed by atoms with van der Waals surface area (Å²) in [7, 11) is 1.29. The van der Waals surface area contributed by atoms with Gasteiger partial charge in [0.15, 0.2) is 6.61 Å². The fourth-order valence-electron chi connectivity index (χ4n) is 2.32. The van der Waals surface area contributed by atoms with Gasteiger partial charge in [0.05, 0.1) is 11.6 Å². The molecular formula is C17H17BrN2O4. The molecule has 0 atom stereocenters. The second kappa shape index (κ2) is 8.50. The Morgan fingerprint density at radius 3 is 2.67 bits per heavy atom. The minimum atomic E-state index is -0.478. The molecule has 2 rings (SSSR count). The van der Waals surface area contributed by atoms with Crippen molar-refractivity contribution in [1.29, 1.82) is 5.26 Å². The molecule has 0 aromatic heterocycles. The summed E-state index contributed by atoms with van der Waals surface area (Å²) < 4.78 is 10.4. The average Bonchev–Trinajstić information content (AvgIpc) is 3.12. The van der Waals surface area contributed by atoms with Gasteiger partial charge < -0.3 is 14.4 Å². The molecule has 1 saturated heterocycles. The molecule has 0 N–H and O–H groups in total. The smallest absolute Gasteiger partial charge is 0.343 e. The SMILES string of the molecule is COC(=O)COc1ccc(/C=C(\C#N)C(=O)N2CCCC2)cc1Br. The maximum absolute atomic E-state index is 12.3. The average molecular weight is 393 g/mol. The Hall–Kier alpha value is -2.33. The third-order valence-electron chi connectivity index (χ3n) is 3.58. The number of hydrogen-bond donors (Lipinski definition) is 0. The largest absolute Gasteiger partial charge is 0.481 e. The quantitative estimate of drug-likeness (QED) is 0.436.